The molecule has 0 atom stereocenters. The van der Waals surface area contributed by atoms with Crippen LogP contribution in [0.4, 0.5) is 4.39 Å². The van der Waals surface area contributed by atoms with Crippen LogP contribution in [0.15, 0.2) is 22.7 Å². The van der Waals surface area contributed by atoms with Crippen molar-refractivity contribution in [3.05, 3.63) is 34.1 Å². The van der Waals surface area contributed by atoms with Gasteiger partial charge in [0, 0.05) is 16.8 Å². The number of ketones is 1. The summed E-state index contributed by atoms with van der Waals surface area (Å²) in [7, 11) is 0. The summed E-state index contributed by atoms with van der Waals surface area (Å²) in [5, 5.41) is 0. The zero-order valence-corrected chi connectivity index (χ0v) is 13.7. The van der Waals surface area contributed by atoms with Crippen molar-refractivity contribution in [2.24, 2.45) is 17.8 Å². The SMILES string of the molecule is CC(C)C1CCC(C(=O)Cc2ccc(Br)cc2F)CC1. The lowest BCUT2D eigenvalue weighted by Gasteiger charge is -2.30. The normalized spacial score (nSPS) is 23.1. The molecule has 20 heavy (non-hydrogen) atoms. The second kappa shape index (κ2) is 6.84. The molecule has 0 bridgehead atoms. The van der Waals surface area contributed by atoms with Gasteiger partial charge in [-0.1, -0.05) is 35.8 Å². The molecule has 1 saturated carbocycles. The fourth-order valence-electron chi connectivity index (χ4n) is 3.10. The minimum Gasteiger partial charge on any atom is -0.299 e. The molecule has 0 amide bonds. The highest BCUT2D eigenvalue weighted by atomic mass is 79.9. The van der Waals surface area contributed by atoms with Gasteiger partial charge in [-0.25, -0.2) is 4.39 Å². The average molecular weight is 341 g/mol. The van der Waals surface area contributed by atoms with Gasteiger partial charge < -0.3 is 0 Å². The molecule has 1 nitrogen and oxygen atoms in total. The molecule has 0 heterocycles. The number of rotatable bonds is 4. The smallest absolute Gasteiger partial charge is 0.140 e. The second-order valence-corrected chi connectivity index (χ2v) is 7.15. The van der Waals surface area contributed by atoms with Crippen LogP contribution in [-0.4, -0.2) is 5.78 Å². The molecule has 0 spiro atoms. The van der Waals surface area contributed by atoms with Gasteiger partial charge in [0.05, 0.1) is 0 Å². The predicted octanol–water partition coefficient (Wildman–Crippen LogP) is 5.16. The lowest BCUT2D eigenvalue weighted by molar-refractivity contribution is -0.123. The highest BCUT2D eigenvalue weighted by Crippen LogP contribution is 2.34. The lowest BCUT2D eigenvalue weighted by atomic mass is 9.75. The summed E-state index contributed by atoms with van der Waals surface area (Å²) >= 11 is 3.23. The minimum atomic E-state index is -0.288. The summed E-state index contributed by atoms with van der Waals surface area (Å²) in [4.78, 5) is 12.3. The first kappa shape index (κ1) is 15.7. The maximum atomic E-state index is 13.8. The van der Waals surface area contributed by atoms with Gasteiger partial charge in [0.15, 0.2) is 0 Å². The fourth-order valence-corrected chi connectivity index (χ4v) is 3.44. The third kappa shape index (κ3) is 3.91. The first-order valence-electron chi connectivity index (χ1n) is 7.44. The molecule has 0 unspecified atom stereocenters. The third-order valence-corrected chi connectivity index (χ3v) is 5.04. The molecule has 2 rings (SSSR count). The number of hydrogen-bond acceptors (Lipinski definition) is 1. The van der Waals surface area contributed by atoms with E-state index < -0.39 is 0 Å². The molecule has 110 valence electrons. The standard InChI is InChI=1S/C17H22BrFO/c1-11(2)12-3-5-13(6-4-12)17(20)9-14-7-8-15(18)10-16(14)19/h7-8,10-13H,3-6,9H2,1-2H3. The highest BCUT2D eigenvalue weighted by molar-refractivity contribution is 9.10. The van der Waals surface area contributed by atoms with Crippen LogP contribution in [-0.2, 0) is 11.2 Å². The molecule has 0 N–H and O–H groups in total. The van der Waals surface area contributed by atoms with E-state index in [1.165, 1.54) is 6.07 Å². The van der Waals surface area contributed by atoms with Crippen LogP contribution >= 0.6 is 15.9 Å². The Bertz CT molecular complexity index is 476. The zero-order chi connectivity index (χ0) is 14.7. The number of halogens is 2. The molecular formula is C17H22BrFO. The minimum absolute atomic E-state index is 0.132. The number of carbonyl (C=O) groups is 1. The van der Waals surface area contributed by atoms with Gasteiger partial charge in [0.1, 0.15) is 11.6 Å². The Morgan fingerprint density at radius 2 is 1.95 bits per heavy atom. The van der Waals surface area contributed by atoms with Crippen LogP contribution in [0.5, 0.6) is 0 Å². The number of hydrogen-bond donors (Lipinski definition) is 0. The van der Waals surface area contributed by atoms with Crippen LogP contribution in [0, 0.1) is 23.6 Å². The zero-order valence-electron chi connectivity index (χ0n) is 12.2. The molecule has 1 aliphatic carbocycles. The van der Waals surface area contributed by atoms with Crippen molar-refractivity contribution in [2.45, 2.75) is 46.0 Å². The van der Waals surface area contributed by atoms with Crippen molar-refractivity contribution in [3.8, 4) is 0 Å². The molecule has 1 aromatic rings. The van der Waals surface area contributed by atoms with E-state index in [0.29, 0.717) is 16.0 Å². The number of Topliss-reactive ketones (excluding diaryl/α,β-unsaturated/α-hetero) is 1. The molecule has 1 aromatic carbocycles. The largest absolute Gasteiger partial charge is 0.299 e. The third-order valence-electron chi connectivity index (χ3n) is 4.55. The summed E-state index contributed by atoms with van der Waals surface area (Å²) in [6.45, 7) is 4.51. The molecule has 0 aromatic heterocycles. The summed E-state index contributed by atoms with van der Waals surface area (Å²) < 4.78 is 14.5. The molecule has 0 saturated heterocycles. The molecule has 1 aliphatic rings. The highest BCUT2D eigenvalue weighted by Gasteiger charge is 2.27. The fraction of sp³-hybridized carbons (Fsp3) is 0.588. The maximum Gasteiger partial charge on any atom is 0.140 e. The van der Waals surface area contributed by atoms with Crippen LogP contribution < -0.4 is 0 Å². The van der Waals surface area contributed by atoms with Crippen LogP contribution in [0.2, 0.25) is 0 Å². The van der Waals surface area contributed by atoms with Crippen molar-refractivity contribution >= 4 is 21.7 Å². The number of carbonyl (C=O) groups excluding carboxylic acids is 1. The van der Waals surface area contributed by atoms with Crippen LogP contribution in [0.1, 0.15) is 45.1 Å². The van der Waals surface area contributed by atoms with Crippen molar-refractivity contribution in [1.82, 2.24) is 0 Å². The first-order valence-corrected chi connectivity index (χ1v) is 8.23. The molecule has 0 radical (unpaired) electrons. The quantitative estimate of drug-likeness (QED) is 0.739. The molecule has 0 aliphatic heterocycles. The van der Waals surface area contributed by atoms with E-state index >= 15 is 0 Å². The molecule has 1 fully saturated rings. The van der Waals surface area contributed by atoms with E-state index in [1.807, 2.05) is 0 Å². The Labute approximate surface area is 129 Å². The van der Waals surface area contributed by atoms with Gasteiger partial charge in [-0.15, -0.1) is 0 Å². The summed E-state index contributed by atoms with van der Waals surface area (Å²) in [6.07, 6.45) is 4.45. The van der Waals surface area contributed by atoms with E-state index in [0.717, 1.165) is 31.6 Å². The van der Waals surface area contributed by atoms with Crippen molar-refractivity contribution in [3.63, 3.8) is 0 Å². The number of benzene rings is 1. The summed E-state index contributed by atoms with van der Waals surface area (Å²) in [6, 6.07) is 4.93. The van der Waals surface area contributed by atoms with Gasteiger partial charge in [-0.05, 0) is 55.2 Å². The van der Waals surface area contributed by atoms with E-state index in [2.05, 4.69) is 29.8 Å². The monoisotopic (exact) mass is 340 g/mol. The van der Waals surface area contributed by atoms with Gasteiger partial charge >= 0.3 is 0 Å². The van der Waals surface area contributed by atoms with Crippen molar-refractivity contribution in [1.29, 1.82) is 0 Å². The van der Waals surface area contributed by atoms with E-state index in [4.69, 9.17) is 0 Å². The Morgan fingerprint density at radius 3 is 2.50 bits per heavy atom. The predicted molar refractivity (Wildman–Crippen MR) is 83.1 cm³/mol. The first-order chi connectivity index (χ1) is 9.47. The average Bonchev–Trinajstić information content (AvgIpc) is 2.42. The Balaban J connectivity index is 1.93. The van der Waals surface area contributed by atoms with Crippen molar-refractivity contribution < 1.29 is 9.18 Å². The summed E-state index contributed by atoms with van der Waals surface area (Å²) in [5.74, 6) is 1.50. The molecular weight excluding hydrogens is 319 g/mol. The Kier molecular flexibility index (Phi) is 5.36. The second-order valence-electron chi connectivity index (χ2n) is 6.23. The van der Waals surface area contributed by atoms with Gasteiger partial charge in [0.2, 0.25) is 0 Å². The van der Waals surface area contributed by atoms with Crippen LogP contribution in [0.25, 0.3) is 0 Å². The Morgan fingerprint density at radius 1 is 1.30 bits per heavy atom. The Hall–Kier alpha value is -0.700. The maximum absolute atomic E-state index is 13.8. The van der Waals surface area contributed by atoms with E-state index in [-0.39, 0.29) is 23.9 Å². The van der Waals surface area contributed by atoms with Gasteiger partial charge in [-0.2, -0.15) is 0 Å². The topological polar surface area (TPSA) is 17.1 Å². The van der Waals surface area contributed by atoms with E-state index in [1.54, 1.807) is 12.1 Å². The van der Waals surface area contributed by atoms with E-state index in [9.17, 15) is 9.18 Å². The van der Waals surface area contributed by atoms with Crippen LogP contribution in [0.3, 0.4) is 0 Å². The van der Waals surface area contributed by atoms with Gasteiger partial charge in [-0.3, -0.25) is 4.79 Å². The van der Waals surface area contributed by atoms with Crippen molar-refractivity contribution in [2.75, 3.05) is 0 Å². The van der Waals surface area contributed by atoms with Gasteiger partial charge in [0.25, 0.3) is 0 Å². The lowest BCUT2D eigenvalue weighted by Crippen LogP contribution is -2.25. The summed E-state index contributed by atoms with van der Waals surface area (Å²) in [5.41, 5.74) is 0.518. The molecule has 3 heteroatoms.